The molecule has 0 spiro atoms. The first-order chi connectivity index (χ1) is 8.38. The number of sulfone groups is 1. The van der Waals surface area contributed by atoms with E-state index in [4.69, 9.17) is 5.11 Å². The van der Waals surface area contributed by atoms with Crippen LogP contribution in [0.3, 0.4) is 0 Å². The minimum Gasteiger partial charge on any atom is -0.480 e. The first kappa shape index (κ1) is 13.0. The Morgan fingerprint density at radius 2 is 1.89 bits per heavy atom. The summed E-state index contributed by atoms with van der Waals surface area (Å²) in [7, 11) is -3.24. The molecule has 1 aromatic rings. The van der Waals surface area contributed by atoms with Crippen molar-refractivity contribution >= 4 is 15.8 Å². The highest BCUT2D eigenvalue weighted by Gasteiger charge is 2.29. The summed E-state index contributed by atoms with van der Waals surface area (Å²) in [4.78, 5) is 11.4. The molecule has 18 heavy (non-hydrogen) atoms. The summed E-state index contributed by atoms with van der Waals surface area (Å²) < 4.78 is 22.6. The van der Waals surface area contributed by atoms with Crippen molar-refractivity contribution < 1.29 is 18.3 Å². The molecular formula is C12H15NO4S. The Bertz CT molecular complexity index is 546. The zero-order valence-electron chi connectivity index (χ0n) is 9.96. The highest BCUT2D eigenvalue weighted by atomic mass is 32.2. The first-order valence-electron chi connectivity index (χ1n) is 5.67. The van der Waals surface area contributed by atoms with Crippen LogP contribution in [0.4, 0.5) is 0 Å². The van der Waals surface area contributed by atoms with Gasteiger partial charge in [-0.05, 0) is 30.5 Å². The van der Waals surface area contributed by atoms with Gasteiger partial charge in [-0.2, -0.15) is 0 Å². The number of carboxylic acids is 1. The van der Waals surface area contributed by atoms with Crippen LogP contribution in [-0.2, 0) is 14.6 Å². The zero-order chi connectivity index (χ0) is 13.3. The Labute approximate surface area is 106 Å². The molecule has 0 saturated heterocycles. The van der Waals surface area contributed by atoms with E-state index in [-0.39, 0.29) is 10.9 Å². The summed E-state index contributed by atoms with van der Waals surface area (Å²) in [6, 6.07) is 5.46. The summed E-state index contributed by atoms with van der Waals surface area (Å²) in [5, 5.41) is 12.2. The smallest absolute Gasteiger partial charge is 0.325 e. The standard InChI is InChI=1S/C12H15NO4S/c1-18(16,17)10-6-2-8(3-7-10)11(12(14)15)13-9-4-5-9/h2-3,6-7,9,11,13H,4-5H2,1H3,(H,14,15). The lowest BCUT2D eigenvalue weighted by Gasteiger charge is -2.14. The van der Waals surface area contributed by atoms with Gasteiger partial charge in [0, 0.05) is 12.3 Å². The van der Waals surface area contributed by atoms with Crippen molar-refractivity contribution in [2.75, 3.05) is 6.26 Å². The van der Waals surface area contributed by atoms with Gasteiger partial charge < -0.3 is 5.11 Å². The molecule has 0 aliphatic heterocycles. The zero-order valence-corrected chi connectivity index (χ0v) is 10.8. The van der Waals surface area contributed by atoms with Crippen molar-refractivity contribution in [3.63, 3.8) is 0 Å². The maximum atomic E-state index is 11.3. The molecule has 0 radical (unpaired) electrons. The molecule has 2 N–H and O–H groups in total. The van der Waals surface area contributed by atoms with Crippen molar-refractivity contribution in [3.05, 3.63) is 29.8 Å². The molecular weight excluding hydrogens is 254 g/mol. The van der Waals surface area contributed by atoms with Crippen molar-refractivity contribution in [2.45, 2.75) is 29.8 Å². The number of rotatable bonds is 5. The third-order valence-corrected chi connectivity index (χ3v) is 4.00. The molecule has 1 aromatic carbocycles. The van der Waals surface area contributed by atoms with E-state index in [1.54, 1.807) is 12.1 Å². The van der Waals surface area contributed by atoms with Crippen LogP contribution in [-0.4, -0.2) is 31.8 Å². The van der Waals surface area contributed by atoms with E-state index >= 15 is 0 Å². The van der Waals surface area contributed by atoms with Crippen LogP contribution in [0.15, 0.2) is 29.2 Å². The maximum absolute atomic E-state index is 11.3. The van der Waals surface area contributed by atoms with Crippen molar-refractivity contribution in [1.29, 1.82) is 0 Å². The molecule has 0 heterocycles. The third-order valence-electron chi connectivity index (χ3n) is 2.87. The SMILES string of the molecule is CS(=O)(=O)c1ccc(C(NC2CC2)C(=O)O)cc1. The van der Waals surface area contributed by atoms with Crippen LogP contribution in [0.2, 0.25) is 0 Å². The van der Waals surface area contributed by atoms with Crippen LogP contribution < -0.4 is 5.32 Å². The van der Waals surface area contributed by atoms with E-state index in [1.165, 1.54) is 12.1 Å². The molecule has 5 nitrogen and oxygen atoms in total. The van der Waals surface area contributed by atoms with E-state index in [2.05, 4.69) is 5.32 Å². The van der Waals surface area contributed by atoms with Gasteiger partial charge in [0.2, 0.25) is 0 Å². The Hall–Kier alpha value is -1.40. The second-order valence-electron chi connectivity index (χ2n) is 4.55. The van der Waals surface area contributed by atoms with Gasteiger partial charge in [-0.1, -0.05) is 12.1 Å². The van der Waals surface area contributed by atoms with E-state index in [0.29, 0.717) is 5.56 Å². The molecule has 98 valence electrons. The third kappa shape index (κ3) is 3.08. The average molecular weight is 269 g/mol. The monoisotopic (exact) mass is 269 g/mol. The first-order valence-corrected chi connectivity index (χ1v) is 7.56. The largest absolute Gasteiger partial charge is 0.480 e. The fourth-order valence-electron chi connectivity index (χ4n) is 1.70. The molecule has 2 rings (SSSR count). The number of carboxylic acid groups (broad SMARTS) is 1. The maximum Gasteiger partial charge on any atom is 0.325 e. The Morgan fingerprint density at radius 1 is 1.33 bits per heavy atom. The van der Waals surface area contributed by atoms with Crippen LogP contribution in [0.5, 0.6) is 0 Å². The highest BCUT2D eigenvalue weighted by Crippen LogP contribution is 2.25. The van der Waals surface area contributed by atoms with Gasteiger partial charge in [-0.15, -0.1) is 0 Å². The molecule has 0 aromatic heterocycles. The molecule has 1 aliphatic carbocycles. The van der Waals surface area contributed by atoms with Gasteiger partial charge >= 0.3 is 5.97 Å². The lowest BCUT2D eigenvalue weighted by atomic mass is 10.1. The summed E-state index contributed by atoms with van der Waals surface area (Å²) in [5.41, 5.74) is 0.571. The number of aliphatic carboxylic acids is 1. The highest BCUT2D eigenvalue weighted by molar-refractivity contribution is 7.90. The molecule has 0 bridgehead atoms. The Balaban J connectivity index is 2.23. The molecule has 6 heteroatoms. The lowest BCUT2D eigenvalue weighted by Crippen LogP contribution is -2.30. The fourth-order valence-corrected chi connectivity index (χ4v) is 2.33. The van der Waals surface area contributed by atoms with E-state index in [9.17, 15) is 13.2 Å². The Morgan fingerprint density at radius 3 is 2.28 bits per heavy atom. The number of benzene rings is 1. The minimum atomic E-state index is -3.24. The van der Waals surface area contributed by atoms with Gasteiger partial charge in [0.25, 0.3) is 0 Å². The number of hydrogen-bond donors (Lipinski definition) is 2. The van der Waals surface area contributed by atoms with Crippen molar-refractivity contribution in [3.8, 4) is 0 Å². The second kappa shape index (κ2) is 4.70. The molecule has 1 atom stereocenters. The van der Waals surface area contributed by atoms with Gasteiger partial charge in [-0.3, -0.25) is 10.1 Å². The minimum absolute atomic E-state index is 0.196. The quantitative estimate of drug-likeness (QED) is 0.832. The summed E-state index contributed by atoms with van der Waals surface area (Å²) in [6.45, 7) is 0. The van der Waals surface area contributed by atoms with E-state index in [0.717, 1.165) is 19.1 Å². The van der Waals surface area contributed by atoms with E-state index in [1.807, 2.05) is 0 Å². The lowest BCUT2D eigenvalue weighted by molar-refractivity contribution is -0.139. The molecule has 1 unspecified atom stereocenters. The number of hydrogen-bond acceptors (Lipinski definition) is 4. The van der Waals surface area contributed by atoms with Gasteiger partial charge in [0.15, 0.2) is 9.84 Å². The fraction of sp³-hybridized carbons (Fsp3) is 0.417. The molecule has 0 amide bonds. The molecule has 1 fully saturated rings. The van der Waals surface area contributed by atoms with Crippen molar-refractivity contribution in [1.82, 2.24) is 5.32 Å². The van der Waals surface area contributed by atoms with E-state index < -0.39 is 21.8 Å². The second-order valence-corrected chi connectivity index (χ2v) is 6.57. The van der Waals surface area contributed by atoms with Crippen molar-refractivity contribution in [2.24, 2.45) is 0 Å². The predicted molar refractivity (Wildman–Crippen MR) is 66.1 cm³/mol. The van der Waals surface area contributed by atoms with Crippen LogP contribution in [0, 0.1) is 0 Å². The van der Waals surface area contributed by atoms with Gasteiger partial charge in [-0.25, -0.2) is 8.42 Å². The van der Waals surface area contributed by atoms with Crippen LogP contribution in [0.25, 0.3) is 0 Å². The Kier molecular flexibility index (Phi) is 3.41. The number of nitrogens with one attached hydrogen (secondary N) is 1. The topological polar surface area (TPSA) is 83.5 Å². The van der Waals surface area contributed by atoms with Crippen LogP contribution in [0.1, 0.15) is 24.4 Å². The predicted octanol–water partition coefficient (Wildman–Crippen LogP) is 0.968. The van der Waals surface area contributed by atoms with Gasteiger partial charge in [0.05, 0.1) is 4.90 Å². The summed E-state index contributed by atoms with van der Waals surface area (Å²) in [6.07, 6.45) is 3.11. The summed E-state index contributed by atoms with van der Waals surface area (Å²) >= 11 is 0. The molecule has 1 aliphatic rings. The van der Waals surface area contributed by atoms with Crippen LogP contribution >= 0.6 is 0 Å². The molecule has 1 saturated carbocycles. The average Bonchev–Trinajstić information content (AvgIpc) is 3.08. The van der Waals surface area contributed by atoms with Gasteiger partial charge in [0.1, 0.15) is 6.04 Å². The normalized spacial score (nSPS) is 17.4. The summed E-state index contributed by atoms with van der Waals surface area (Å²) in [5.74, 6) is -0.950. The number of carbonyl (C=O) groups is 1.